The molecule has 1 aromatic heterocycles. The molecule has 0 aliphatic carbocycles. The van der Waals surface area contributed by atoms with E-state index in [2.05, 4.69) is 22.1 Å². The summed E-state index contributed by atoms with van der Waals surface area (Å²) in [4.78, 5) is 2.38. The normalized spacial score (nSPS) is 17.8. The fraction of sp³-hybridized carbons (Fsp3) is 0.455. The van der Waals surface area contributed by atoms with Crippen LogP contribution >= 0.6 is 0 Å². The lowest BCUT2D eigenvalue weighted by atomic mass is 10.1. The highest BCUT2D eigenvalue weighted by atomic mass is 15.5. The van der Waals surface area contributed by atoms with Gasteiger partial charge in [0.25, 0.3) is 0 Å². The zero-order valence-corrected chi connectivity index (χ0v) is 9.30. The van der Waals surface area contributed by atoms with Crippen LogP contribution in [-0.2, 0) is 0 Å². The highest BCUT2D eigenvalue weighted by molar-refractivity contribution is 5.78. The molecular weight excluding hydrogens is 202 g/mol. The summed E-state index contributed by atoms with van der Waals surface area (Å²) in [6.07, 6.45) is 0. The van der Waals surface area contributed by atoms with Crippen LogP contribution in [0.3, 0.4) is 0 Å². The van der Waals surface area contributed by atoms with Crippen molar-refractivity contribution in [3.63, 3.8) is 0 Å². The minimum absolute atomic E-state index is 0.466. The van der Waals surface area contributed by atoms with Crippen molar-refractivity contribution in [3.05, 3.63) is 18.2 Å². The van der Waals surface area contributed by atoms with E-state index in [0.29, 0.717) is 6.04 Å². The van der Waals surface area contributed by atoms with Gasteiger partial charge in [0, 0.05) is 18.8 Å². The van der Waals surface area contributed by atoms with E-state index in [1.165, 1.54) is 0 Å². The molecule has 16 heavy (non-hydrogen) atoms. The first-order chi connectivity index (χ1) is 7.78. The number of anilines is 1. The van der Waals surface area contributed by atoms with Gasteiger partial charge in [-0.2, -0.15) is 0 Å². The van der Waals surface area contributed by atoms with E-state index in [1.807, 2.05) is 22.9 Å². The monoisotopic (exact) mass is 217 g/mol. The third kappa shape index (κ3) is 1.36. The molecule has 0 radical (unpaired) electrons. The van der Waals surface area contributed by atoms with Crippen molar-refractivity contribution in [1.29, 1.82) is 0 Å². The Bertz CT molecular complexity index is 512. The summed E-state index contributed by atoms with van der Waals surface area (Å²) >= 11 is 0. The molecule has 0 atom stereocenters. The molecule has 5 heteroatoms. The Hall–Kier alpha value is -1.62. The van der Waals surface area contributed by atoms with Crippen LogP contribution in [0.2, 0.25) is 0 Å². The molecule has 0 bridgehead atoms. The molecule has 0 amide bonds. The van der Waals surface area contributed by atoms with Crippen LogP contribution in [0, 0.1) is 0 Å². The van der Waals surface area contributed by atoms with E-state index >= 15 is 0 Å². The van der Waals surface area contributed by atoms with Gasteiger partial charge >= 0.3 is 0 Å². The van der Waals surface area contributed by atoms with E-state index in [-0.39, 0.29) is 0 Å². The molecule has 1 fully saturated rings. The van der Waals surface area contributed by atoms with Crippen LogP contribution in [0.5, 0.6) is 0 Å². The SMILES string of the molecule is CCN1CC(n2nnc3cc(N)ccc32)C1. The van der Waals surface area contributed by atoms with Crippen molar-refractivity contribution in [2.45, 2.75) is 13.0 Å². The van der Waals surface area contributed by atoms with Crippen molar-refractivity contribution in [1.82, 2.24) is 19.9 Å². The number of benzene rings is 1. The zero-order valence-electron chi connectivity index (χ0n) is 9.30. The molecular formula is C11H15N5. The molecule has 5 nitrogen and oxygen atoms in total. The van der Waals surface area contributed by atoms with Crippen molar-refractivity contribution >= 4 is 16.7 Å². The smallest absolute Gasteiger partial charge is 0.115 e. The number of nitrogens with zero attached hydrogens (tertiary/aromatic N) is 4. The van der Waals surface area contributed by atoms with E-state index in [9.17, 15) is 0 Å². The fourth-order valence-electron chi connectivity index (χ4n) is 2.18. The first kappa shape index (κ1) is 9.59. The first-order valence-electron chi connectivity index (χ1n) is 5.60. The van der Waals surface area contributed by atoms with Crippen LogP contribution in [0.25, 0.3) is 11.0 Å². The van der Waals surface area contributed by atoms with Crippen LogP contribution in [-0.4, -0.2) is 39.5 Å². The third-order valence-corrected chi connectivity index (χ3v) is 3.23. The maximum absolute atomic E-state index is 5.71. The number of hydrogen-bond donors (Lipinski definition) is 1. The summed E-state index contributed by atoms with van der Waals surface area (Å²) in [6.45, 7) is 5.42. The Morgan fingerprint density at radius 1 is 1.44 bits per heavy atom. The minimum Gasteiger partial charge on any atom is -0.399 e. The van der Waals surface area contributed by atoms with Gasteiger partial charge in [0.05, 0.1) is 11.6 Å². The second-order valence-electron chi connectivity index (χ2n) is 4.29. The summed E-state index contributed by atoms with van der Waals surface area (Å²) in [7, 11) is 0. The van der Waals surface area contributed by atoms with Crippen molar-refractivity contribution in [2.24, 2.45) is 0 Å². The van der Waals surface area contributed by atoms with Gasteiger partial charge in [0.1, 0.15) is 5.52 Å². The first-order valence-corrected chi connectivity index (χ1v) is 5.60. The maximum Gasteiger partial charge on any atom is 0.115 e. The number of aromatic nitrogens is 3. The highest BCUT2D eigenvalue weighted by Crippen LogP contribution is 2.24. The molecule has 1 saturated heterocycles. The molecule has 1 aromatic carbocycles. The number of fused-ring (bicyclic) bond motifs is 1. The molecule has 1 aliphatic heterocycles. The summed E-state index contributed by atoms with van der Waals surface area (Å²) in [5, 5.41) is 8.36. The summed E-state index contributed by atoms with van der Waals surface area (Å²) in [5.41, 5.74) is 8.42. The van der Waals surface area contributed by atoms with Gasteiger partial charge in [0.2, 0.25) is 0 Å². The summed E-state index contributed by atoms with van der Waals surface area (Å²) in [5.74, 6) is 0. The molecule has 1 aliphatic rings. The average molecular weight is 217 g/mol. The lowest BCUT2D eigenvalue weighted by molar-refractivity contribution is 0.107. The van der Waals surface area contributed by atoms with Gasteiger partial charge < -0.3 is 5.73 Å². The standard InChI is InChI=1S/C11H15N5/c1-2-15-6-9(7-15)16-11-4-3-8(12)5-10(11)13-14-16/h3-5,9H,2,6-7,12H2,1H3. The average Bonchev–Trinajstić information content (AvgIpc) is 2.60. The highest BCUT2D eigenvalue weighted by Gasteiger charge is 2.28. The second-order valence-corrected chi connectivity index (χ2v) is 4.29. The molecule has 0 unspecified atom stereocenters. The molecule has 0 spiro atoms. The number of nitrogen functional groups attached to an aromatic ring is 1. The Balaban J connectivity index is 1.94. The van der Waals surface area contributed by atoms with Crippen LogP contribution in [0.15, 0.2) is 18.2 Å². The van der Waals surface area contributed by atoms with Crippen molar-refractivity contribution < 1.29 is 0 Å². The summed E-state index contributed by atoms with van der Waals surface area (Å²) in [6, 6.07) is 6.24. The Morgan fingerprint density at radius 3 is 3.00 bits per heavy atom. The third-order valence-electron chi connectivity index (χ3n) is 3.23. The number of rotatable bonds is 2. The molecule has 3 rings (SSSR count). The number of hydrogen-bond acceptors (Lipinski definition) is 4. The van der Waals surface area contributed by atoms with Gasteiger partial charge in [-0.3, -0.25) is 4.90 Å². The Labute approximate surface area is 93.8 Å². The van der Waals surface area contributed by atoms with E-state index in [4.69, 9.17) is 5.73 Å². The van der Waals surface area contributed by atoms with Gasteiger partial charge in [-0.05, 0) is 24.7 Å². The zero-order chi connectivity index (χ0) is 11.1. The molecule has 2 aromatic rings. The summed E-state index contributed by atoms with van der Waals surface area (Å²) < 4.78 is 2.01. The molecule has 0 saturated carbocycles. The molecule has 2 heterocycles. The Kier molecular flexibility index (Phi) is 2.07. The predicted octanol–water partition coefficient (Wildman–Crippen LogP) is 0.890. The number of likely N-dealkylation sites (tertiary alicyclic amines) is 1. The predicted molar refractivity (Wildman–Crippen MR) is 63.1 cm³/mol. The lowest BCUT2D eigenvalue weighted by Crippen LogP contribution is -2.47. The topological polar surface area (TPSA) is 60.0 Å². The van der Waals surface area contributed by atoms with Crippen molar-refractivity contribution in [2.75, 3.05) is 25.4 Å². The largest absolute Gasteiger partial charge is 0.399 e. The maximum atomic E-state index is 5.71. The van der Waals surface area contributed by atoms with E-state index in [0.717, 1.165) is 36.4 Å². The van der Waals surface area contributed by atoms with Gasteiger partial charge in [-0.1, -0.05) is 12.1 Å². The second kappa shape index (κ2) is 3.45. The number of likely N-dealkylation sites (N-methyl/N-ethyl adjacent to an activating group) is 1. The molecule has 2 N–H and O–H groups in total. The fourth-order valence-corrected chi connectivity index (χ4v) is 2.18. The van der Waals surface area contributed by atoms with Crippen LogP contribution in [0.1, 0.15) is 13.0 Å². The van der Waals surface area contributed by atoms with Gasteiger partial charge in [-0.15, -0.1) is 5.10 Å². The van der Waals surface area contributed by atoms with Crippen molar-refractivity contribution in [3.8, 4) is 0 Å². The molecule has 84 valence electrons. The minimum atomic E-state index is 0.466. The Morgan fingerprint density at radius 2 is 2.25 bits per heavy atom. The van der Waals surface area contributed by atoms with Crippen LogP contribution < -0.4 is 5.73 Å². The van der Waals surface area contributed by atoms with Crippen LogP contribution in [0.4, 0.5) is 5.69 Å². The van der Waals surface area contributed by atoms with E-state index in [1.54, 1.807) is 0 Å². The van der Waals surface area contributed by atoms with Gasteiger partial charge in [-0.25, -0.2) is 4.68 Å². The van der Waals surface area contributed by atoms with Gasteiger partial charge in [0.15, 0.2) is 0 Å². The van der Waals surface area contributed by atoms with E-state index < -0.39 is 0 Å². The number of nitrogens with two attached hydrogens (primary N) is 1. The lowest BCUT2D eigenvalue weighted by Gasteiger charge is -2.38. The quantitative estimate of drug-likeness (QED) is 0.759.